The number of ether oxygens (including phenoxy) is 2. The minimum absolute atomic E-state index is 0.0806. The van der Waals surface area contributed by atoms with Gasteiger partial charge in [-0.25, -0.2) is 0 Å². The minimum atomic E-state index is -0.270. The zero-order valence-corrected chi connectivity index (χ0v) is 15.7. The van der Waals surface area contributed by atoms with E-state index in [0.29, 0.717) is 23.0 Å². The summed E-state index contributed by atoms with van der Waals surface area (Å²) >= 11 is 6.08. The van der Waals surface area contributed by atoms with Crippen molar-refractivity contribution in [3.8, 4) is 11.5 Å². The van der Waals surface area contributed by atoms with Crippen molar-refractivity contribution in [2.45, 2.75) is 19.5 Å². The van der Waals surface area contributed by atoms with Crippen molar-refractivity contribution in [3.05, 3.63) is 53.1 Å². The van der Waals surface area contributed by atoms with Crippen LogP contribution < -0.4 is 19.7 Å². The van der Waals surface area contributed by atoms with Gasteiger partial charge in [-0.05, 0) is 37.3 Å². The molecule has 2 N–H and O–H groups in total. The third-order valence-electron chi connectivity index (χ3n) is 4.21. The number of anilines is 1. The van der Waals surface area contributed by atoms with Crippen molar-refractivity contribution in [3.63, 3.8) is 0 Å². The van der Waals surface area contributed by atoms with Crippen molar-refractivity contribution in [1.82, 2.24) is 0 Å². The fourth-order valence-corrected chi connectivity index (χ4v) is 2.75. The van der Waals surface area contributed by atoms with Crippen LogP contribution in [0.15, 0.2) is 42.5 Å². The Morgan fingerprint density at radius 3 is 2.52 bits per heavy atom. The normalized spacial score (nSPS) is 13.0. The second kappa shape index (κ2) is 8.74. The Balaban J connectivity index is 2.07. The summed E-state index contributed by atoms with van der Waals surface area (Å²) in [6, 6.07) is 12.6. The second-order valence-electron chi connectivity index (χ2n) is 5.89. The van der Waals surface area contributed by atoms with Gasteiger partial charge in [-0.1, -0.05) is 23.7 Å². The Morgan fingerprint density at radius 1 is 1.16 bits per heavy atom. The van der Waals surface area contributed by atoms with E-state index < -0.39 is 0 Å². The average Bonchev–Trinajstić information content (AvgIpc) is 2.61. The fraction of sp³-hybridized carbons (Fsp3) is 0.316. The Kier molecular flexibility index (Phi) is 6.67. The molecule has 0 spiro atoms. The first-order chi connectivity index (χ1) is 12.0. The van der Waals surface area contributed by atoms with Gasteiger partial charge in [0.1, 0.15) is 18.0 Å². The van der Waals surface area contributed by atoms with Crippen LogP contribution in [0.4, 0.5) is 5.69 Å². The van der Waals surface area contributed by atoms with Gasteiger partial charge < -0.3 is 19.7 Å². The van der Waals surface area contributed by atoms with Gasteiger partial charge >= 0.3 is 0 Å². The lowest BCUT2D eigenvalue weighted by Gasteiger charge is -2.22. The number of hydrogen-bond acceptors (Lipinski definition) is 3. The van der Waals surface area contributed by atoms with Gasteiger partial charge in [0.2, 0.25) is 0 Å². The van der Waals surface area contributed by atoms with Crippen molar-refractivity contribution < 1.29 is 19.2 Å². The van der Waals surface area contributed by atoms with Crippen LogP contribution >= 0.6 is 11.6 Å². The van der Waals surface area contributed by atoms with Crippen LogP contribution in [0.5, 0.6) is 11.5 Å². The van der Waals surface area contributed by atoms with E-state index in [0.717, 1.165) is 16.2 Å². The molecule has 0 bridgehead atoms. The van der Waals surface area contributed by atoms with Crippen LogP contribution in [-0.2, 0) is 11.3 Å². The Hall–Kier alpha value is -2.24. The fourth-order valence-electron chi connectivity index (χ4n) is 2.55. The zero-order chi connectivity index (χ0) is 18.4. The number of amides is 1. The van der Waals surface area contributed by atoms with E-state index in [1.165, 1.54) is 0 Å². The molecule has 2 aromatic carbocycles. The first-order valence-electron chi connectivity index (χ1n) is 8.05. The highest BCUT2D eigenvalue weighted by Crippen LogP contribution is 2.23. The standard InChI is InChI=1S/C19H23ClN2O3/c1-13(19(23)21-16-7-5-6-8-18(16)25-4)22(2)12-14-11-15(20)9-10-17(14)24-3/h5-11,13H,12H2,1-4H3,(H,21,23)/p+1/t13-/m0/s1. The van der Waals surface area contributed by atoms with Gasteiger partial charge in [0, 0.05) is 10.6 Å². The monoisotopic (exact) mass is 363 g/mol. The molecule has 0 aliphatic carbocycles. The SMILES string of the molecule is COc1ccc(Cl)cc1C[NH+](C)[C@@H](C)C(=O)Nc1ccccc1OC. The summed E-state index contributed by atoms with van der Waals surface area (Å²) < 4.78 is 10.7. The number of likely N-dealkylation sites (N-methyl/N-ethyl adjacent to an activating group) is 1. The quantitative estimate of drug-likeness (QED) is 0.794. The van der Waals surface area contributed by atoms with E-state index in [1.54, 1.807) is 20.3 Å². The molecule has 1 unspecified atom stereocenters. The molecule has 134 valence electrons. The molecule has 0 saturated carbocycles. The molecule has 0 aliphatic heterocycles. The summed E-state index contributed by atoms with van der Waals surface area (Å²) in [6.07, 6.45) is 0. The van der Waals surface area contributed by atoms with Gasteiger partial charge in [0.15, 0.2) is 6.04 Å². The Morgan fingerprint density at radius 2 is 1.84 bits per heavy atom. The number of nitrogens with one attached hydrogen (secondary N) is 2. The van der Waals surface area contributed by atoms with Crippen LogP contribution in [0.1, 0.15) is 12.5 Å². The third-order valence-corrected chi connectivity index (χ3v) is 4.44. The predicted molar refractivity (Wildman–Crippen MR) is 99.7 cm³/mol. The largest absolute Gasteiger partial charge is 0.496 e. The number of quaternary nitrogens is 1. The molecule has 2 aromatic rings. The van der Waals surface area contributed by atoms with Crippen molar-refractivity contribution in [2.75, 3.05) is 26.6 Å². The summed E-state index contributed by atoms with van der Waals surface area (Å²) in [4.78, 5) is 13.6. The number of rotatable bonds is 7. The van der Waals surface area contributed by atoms with Crippen LogP contribution in [0, 0.1) is 0 Å². The lowest BCUT2D eigenvalue weighted by Crippen LogP contribution is -3.12. The third kappa shape index (κ3) is 4.87. The number of methoxy groups -OCH3 is 2. The highest BCUT2D eigenvalue weighted by Gasteiger charge is 2.24. The molecule has 5 nitrogen and oxygen atoms in total. The number of hydrogen-bond donors (Lipinski definition) is 2. The van der Waals surface area contributed by atoms with E-state index in [4.69, 9.17) is 21.1 Å². The summed E-state index contributed by atoms with van der Waals surface area (Å²) in [5.41, 5.74) is 1.62. The molecule has 0 heterocycles. The van der Waals surface area contributed by atoms with E-state index in [2.05, 4.69) is 5.32 Å². The molecular weight excluding hydrogens is 340 g/mol. The molecule has 0 radical (unpaired) electrons. The molecule has 0 fully saturated rings. The minimum Gasteiger partial charge on any atom is -0.496 e. The van der Waals surface area contributed by atoms with E-state index in [9.17, 15) is 4.79 Å². The Labute approximate surface area is 153 Å². The highest BCUT2D eigenvalue weighted by molar-refractivity contribution is 6.30. The summed E-state index contributed by atoms with van der Waals surface area (Å²) in [5, 5.41) is 3.57. The average molecular weight is 364 g/mol. The van der Waals surface area contributed by atoms with Gasteiger partial charge in [0.25, 0.3) is 5.91 Å². The number of carbonyl (C=O) groups is 1. The summed E-state index contributed by atoms with van der Waals surface area (Å²) in [5.74, 6) is 1.32. The van der Waals surface area contributed by atoms with Gasteiger partial charge in [-0.3, -0.25) is 4.79 Å². The van der Waals surface area contributed by atoms with E-state index >= 15 is 0 Å². The van der Waals surface area contributed by atoms with Crippen molar-refractivity contribution >= 4 is 23.2 Å². The molecule has 2 atom stereocenters. The molecule has 2 rings (SSSR count). The van der Waals surface area contributed by atoms with Crippen molar-refractivity contribution in [1.29, 1.82) is 0 Å². The number of benzene rings is 2. The summed E-state index contributed by atoms with van der Waals surface area (Å²) in [6.45, 7) is 2.50. The number of para-hydroxylation sites is 2. The lowest BCUT2D eigenvalue weighted by atomic mass is 10.1. The molecule has 0 saturated heterocycles. The zero-order valence-electron chi connectivity index (χ0n) is 14.9. The molecule has 0 aromatic heterocycles. The molecule has 6 heteroatoms. The molecular formula is C19H24ClN2O3+. The van der Waals surface area contributed by atoms with Crippen LogP contribution in [0.25, 0.3) is 0 Å². The van der Waals surface area contributed by atoms with Gasteiger partial charge in [-0.2, -0.15) is 0 Å². The van der Waals surface area contributed by atoms with Crippen LogP contribution in [-0.4, -0.2) is 33.2 Å². The molecule has 1 amide bonds. The van der Waals surface area contributed by atoms with Crippen LogP contribution in [0.3, 0.4) is 0 Å². The first-order valence-corrected chi connectivity index (χ1v) is 8.42. The van der Waals surface area contributed by atoms with Gasteiger partial charge in [0.05, 0.1) is 27.0 Å². The predicted octanol–water partition coefficient (Wildman–Crippen LogP) is 2.40. The van der Waals surface area contributed by atoms with E-state index in [1.807, 2.05) is 50.4 Å². The number of carbonyl (C=O) groups excluding carboxylic acids is 1. The second-order valence-corrected chi connectivity index (χ2v) is 6.33. The topological polar surface area (TPSA) is 52.0 Å². The maximum atomic E-state index is 12.6. The number of halogens is 1. The Bertz CT molecular complexity index is 736. The maximum Gasteiger partial charge on any atom is 0.282 e. The first kappa shape index (κ1) is 19.1. The summed E-state index contributed by atoms with van der Waals surface area (Å²) in [7, 11) is 5.17. The molecule has 0 aliphatic rings. The lowest BCUT2D eigenvalue weighted by molar-refractivity contribution is -0.907. The highest BCUT2D eigenvalue weighted by atomic mass is 35.5. The van der Waals surface area contributed by atoms with Crippen molar-refractivity contribution in [2.24, 2.45) is 0 Å². The maximum absolute atomic E-state index is 12.6. The smallest absolute Gasteiger partial charge is 0.282 e. The molecule has 25 heavy (non-hydrogen) atoms. The van der Waals surface area contributed by atoms with Crippen LogP contribution in [0.2, 0.25) is 5.02 Å². The van der Waals surface area contributed by atoms with E-state index in [-0.39, 0.29) is 11.9 Å². The van der Waals surface area contributed by atoms with Gasteiger partial charge in [-0.15, -0.1) is 0 Å².